The van der Waals surface area contributed by atoms with Gasteiger partial charge >= 0.3 is 41.8 Å². The van der Waals surface area contributed by atoms with E-state index in [0.717, 1.165) is 97.2 Å². The van der Waals surface area contributed by atoms with Crippen molar-refractivity contribution in [3.8, 4) is 0 Å². The van der Waals surface area contributed by atoms with Crippen molar-refractivity contribution in [2.75, 3.05) is 117 Å². The third-order valence-electron chi connectivity index (χ3n) is 10.5. The lowest BCUT2D eigenvalue weighted by atomic mass is 10.2. The second-order valence-electron chi connectivity index (χ2n) is 20.7. The van der Waals surface area contributed by atoms with Gasteiger partial charge in [0.1, 0.15) is 0 Å². The molecular weight excluding hydrogens is 1230 g/mol. The van der Waals surface area contributed by atoms with Crippen molar-refractivity contribution in [2.24, 2.45) is 0 Å². The molecule has 0 saturated heterocycles. The van der Waals surface area contributed by atoms with Crippen molar-refractivity contribution in [2.45, 2.75) is 351 Å². The molecule has 0 fully saturated rings. The molecule has 0 aliphatic heterocycles. The Bertz CT molecular complexity index is 1230. The summed E-state index contributed by atoms with van der Waals surface area (Å²) in [4.78, 5) is 70.9. The maximum absolute atomic E-state index is 10.5. The molecule has 19 nitrogen and oxygen atoms in total. The molecule has 0 unspecified atom stereocenters. The van der Waals surface area contributed by atoms with E-state index >= 15 is 0 Å². The highest BCUT2D eigenvalue weighted by Crippen LogP contribution is 2.01. The van der Waals surface area contributed by atoms with E-state index in [0.29, 0.717) is 45.5 Å². The summed E-state index contributed by atoms with van der Waals surface area (Å²) >= 11 is 0. The summed E-state index contributed by atoms with van der Waals surface area (Å²) in [6.45, 7) is 47.7. The molecule has 0 radical (unpaired) electrons. The zero-order valence-electron chi connectivity index (χ0n) is 69.5. The predicted molar refractivity (Wildman–Crippen MR) is 407 cm³/mol. The Morgan fingerprint density at radius 1 is 0.219 bits per heavy atom. The van der Waals surface area contributed by atoms with Crippen LogP contribution in [-0.2, 0) is 90.4 Å². The van der Waals surface area contributed by atoms with Crippen molar-refractivity contribution < 1.29 is 90.4 Å². The Morgan fingerprint density at radius 3 is 0.688 bits per heavy atom. The van der Waals surface area contributed by atoms with Crippen molar-refractivity contribution in [3.05, 3.63) is 0 Å². The number of carbonyl (C=O) groups excluding carboxylic acids is 7. The Hall–Kier alpha value is -3.91. The number of carbonyl (C=O) groups is 7. The van der Waals surface area contributed by atoms with E-state index in [2.05, 4.69) is 121 Å². The highest BCUT2D eigenvalue weighted by atomic mass is 16.5. The summed E-state index contributed by atoms with van der Waals surface area (Å²) in [7, 11) is 14.2. The van der Waals surface area contributed by atoms with Crippen LogP contribution in [0.5, 0.6) is 0 Å². The van der Waals surface area contributed by atoms with Gasteiger partial charge in [0.15, 0.2) is 0 Å². The number of methoxy groups -OCH3 is 9. The first-order chi connectivity index (χ1) is 45.9. The maximum Gasteiger partial charge on any atom is 0.305 e. The van der Waals surface area contributed by atoms with Crippen molar-refractivity contribution >= 4 is 41.8 Å². The molecule has 19 heteroatoms. The van der Waals surface area contributed by atoms with Crippen LogP contribution in [0.15, 0.2) is 0 Å². The first kappa shape index (κ1) is 129. The minimum atomic E-state index is -0.211. The van der Waals surface area contributed by atoms with Crippen molar-refractivity contribution in [1.82, 2.24) is 0 Å². The SMILES string of the molecule is CCC.CCC(=O)OC.CCCC(=O)OC.CCCCC.CCCCC(=O)OC.CCCCCC(=O)OC.CCCCCCC.CCCCCCOC.CCCCCOC.CCCCOC.CCCCOC(C)=O.CCCOC.CCCOC(C)=O.CCOC.CCOC(C)=O. The number of esters is 7. The molecule has 0 heterocycles. The van der Waals surface area contributed by atoms with Crippen LogP contribution in [-0.4, -0.2) is 159 Å². The number of hydrogen-bond donors (Lipinski definition) is 0. The van der Waals surface area contributed by atoms with Crippen LogP contribution in [0, 0.1) is 0 Å². The van der Waals surface area contributed by atoms with Crippen LogP contribution in [0.3, 0.4) is 0 Å². The van der Waals surface area contributed by atoms with E-state index in [4.69, 9.17) is 18.9 Å². The van der Waals surface area contributed by atoms with Gasteiger partial charge in [0.2, 0.25) is 0 Å². The molecule has 0 saturated carbocycles. The molecule has 0 aliphatic rings. The zero-order chi connectivity index (χ0) is 77.8. The Morgan fingerprint density at radius 2 is 0.490 bits per heavy atom. The van der Waals surface area contributed by atoms with E-state index in [1.54, 1.807) is 49.4 Å². The van der Waals surface area contributed by atoms with E-state index in [9.17, 15) is 33.6 Å². The zero-order valence-corrected chi connectivity index (χ0v) is 69.5. The first-order valence-corrected chi connectivity index (χ1v) is 37.0. The van der Waals surface area contributed by atoms with Crippen LogP contribution in [0.1, 0.15) is 351 Å². The topological polar surface area (TPSA) is 230 Å². The Kier molecular flexibility index (Phi) is 207. The smallest absolute Gasteiger partial charge is 0.305 e. The highest BCUT2D eigenvalue weighted by molar-refractivity contribution is 5.70. The molecule has 0 aromatic rings. The highest BCUT2D eigenvalue weighted by Gasteiger charge is 1.97. The normalized spacial score (nSPS) is 8.60. The van der Waals surface area contributed by atoms with Crippen molar-refractivity contribution in [1.29, 1.82) is 0 Å². The van der Waals surface area contributed by atoms with E-state index in [-0.39, 0.29) is 41.8 Å². The van der Waals surface area contributed by atoms with Gasteiger partial charge in [-0.2, -0.15) is 0 Å². The average Bonchev–Trinajstić information content (AvgIpc) is 3.58. The summed E-state index contributed by atoms with van der Waals surface area (Å²) in [5.74, 6) is -1.06. The minimum absolute atomic E-state index is 0.0940. The molecule has 0 amide bonds. The van der Waals surface area contributed by atoms with Crippen LogP contribution in [0.2, 0.25) is 0 Å². The minimum Gasteiger partial charge on any atom is -0.469 e. The van der Waals surface area contributed by atoms with E-state index < -0.39 is 0 Å². The van der Waals surface area contributed by atoms with Gasteiger partial charge in [-0.3, -0.25) is 33.6 Å². The van der Waals surface area contributed by atoms with E-state index in [1.165, 1.54) is 165 Å². The van der Waals surface area contributed by atoms with Gasteiger partial charge in [0.25, 0.3) is 0 Å². The summed E-state index contributed by atoms with van der Waals surface area (Å²) in [5.41, 5.74) is 0. The van der Waals surface area contributed by atoms with E-state index in [1.807, 2.05) is 27.7 Å². The first-order valence-electron chi connectivity index (χ1n) is 37.0. The summed E-state index contributed by atoms with van der Waals surface area (Å²) < 4.78 is 54.8. The molecule has 96 heavy (non-hydrogen) atoms. The lowest BCUT2D eigenvalue weighted by Crippen LogP contribution is -1.99. The van der Waals surface area contributed by atoms with Crippen molar-refractivity contribution in [3.63, 3.8) is 0 Å². The lowest BCUT2D eigenvalue weighted by Gasteiger charge is -1.96. The van der Waals surface area contributed by atoms with Gasteiger partial charge in [0.05, 0.1) is 48.3 Å². The monoisotopic (exact) mass is 1400 g/mol. The number of ether oxygens (including phenoxy) is 12. The van der Waals surface area contributed by atoms with Gasteiger partial charge in [0, 0.05) is 115 Å². The molecule has 0 N–H and O–H groups in total. The standard InChI is InChI=1S/C7H14O2.C7H16O.C7H16.2C6H12O2.C6H14O.2C5H10O2.C5H12O.C5H12.2C4H8O2.C4H10O.C3H8O.C3H8/c1-3-4-5-6-7(8)9-2;1-3-4-5-6-7-8-2;1-3-5-7-6-4-2;1-3-4-5-6(7)8-2;1-3-4-5-8-6(2)7;1-3-4-5-6-7-2;1-3-4-5(6)7-2;1-3-4-7-5(2)6;1-3-4-5-6-2;1-3-5-4-2;1-3-4(5)6-2;1-3-6-4(2)5;1-3-4-5-2;1-3-4-2;1-3-2/h3-6H2,1-2H3;3-7H2,1-2H3;3-7H2,1-2H3;2*3-5H2,1-2H3;3-6H2,1-2H3;2*3-4H2,1-2H3;3-5H2,1-2H3;3-5H2,1-2H3;2*3H2,1-2H3;3-4H2,1-2H3;3H2,1-2H3;3H2,1-2H3. The molecular formula is C77H170O19. The number of hydrogen-bond acceptors (Lipinski definition) is 19. The third-order valence-corrected chi connectivity index (χ3v) is 10.5. The summed E-state index contributed by atoms with van der Waals surface area (Å²) in [6.07, 6.45) is 36.1. The largest absolute Gasteiger partial charge is 0.469 e. The van der Waals surface area contributed by atoms with Gasteiger partial charge in [-0.25, -0.2) is 0 Å². The lowest BCUT2D eigenvalue weighted by molar-refractivity contribution is -0.141. The number of rotatable bonds is 37. The van der Waals surface area contributed by atoms with Gasteiger partial charge < -0.3 is 56.8 Å². The fourth-order valence-electron chi connectivity index (χ4n) is 5.00. The van der Waals surface area contributed by atoms with Gasteiger partial charge in [-0.15, -0.1) is 0 Å². The van der Waals surface area contributed by atoms with Crippen LogP contribution < -0.4 is 0 Å². The molecule has 0 aromatic carbocycles. The predicted octanol–water partition coefficient (Wildman–Crippen LogP) is 21.3. The second kappa shape index (κ2) is 155. The molecule has 0 aromatic heterocycles. The number of unbranched alkanes of at least 4 members (excludes halogenated alkanes) is 16. The van der Waals surface area contributed by atoms with Gasteiger partial charge in [-0.1, -0.05) is 233 Å². The third kappa shape index (κ3) is 274. The molecule has 0 atom stereocenters. The summed E-state index contributed by atoms with van der Waals surface area (Å²) in [5, 5.41) is 0. The maximum atomic E-state index is 10.5. The molecule has 592 valence electrons. The Balaban J connectivity index is -0.0000000566. The fourth-order valence-corrected chi connectivity index (χ4v) is 5.00. The molecule has 0 aliphatic carbocycles. The average molecular weight is 1400 g/mol. The fraction of sp³-hybridized carbons (Fsp3) is 0.909. The molecule has 0 spiro atoms. The van der Waals surface area contributed by atoms with Crippen LogP contribution in [0.25, 0.3) is 0 Å². The molecule has 0 rings (SSSR count). The van der Waals surface area contributed by atoms with Gasteiger partial charge in [-0.05, 0) is 71.6 Å². The summed E-state index contributed by atoms with van der Waals surface area (Å²) in [6, 6.07) is 0. The van der Waals surface area contributed by atoms with Crippen LogP contribution >= 0.6 is 0 Å². The quantitative estimate of drug-likeness (QED) is 0.0320. The molecule has 0 bridgehead atoms. The Labute approximate surface area is 597 Å². The van der Waals surface area contributed by atoms with Crippen LogP contribution in [0.4, 0.5) is 0 Å². The second-order valence-corrected chi connectivity index (χ2v) is 20.7.